The third-order valence-corrected chi connectivity index (χ3v) is 5.13. The Kier molecular flexibility index (Phi) is 4.64. The van der Waals surface area contributed by atoms with E-state index in [4.69, 9.17) is 0 Å². The lowest BCUT2D eigenvalue weighted by Crippen LogP contribution is -2.36. The second kappa shape index (κ2) is 6.69. The standard InChI is InChI=1S/C18H25N3O2/c1-13-10-19-8-7-16(13)18(23)20(2)11-14-9-17(22)21(12-14)15-5-3-4-6-15/h7-8,10,14-15H,3-6,9,11-12H2,1-2H3/t14-/m0/s1. The number of aryl methyl sites for hydroxylation is 1. The maximum Gasteiger partial charge on any atom is 0.253 e. The maximum absolute atomic E-state index is 12.6. The summed E-state index contributed by atoms with van der Waals surface area (Å²) in [6.07, 6.45) is 8.69. The number of rotatable bonds is 4. The monoisotopic (exact) mass is 315 g/mol. The van der Waals surface area contributed by atoms with Crippen molar-refractivity contribution < 1.29 is 9.59 Å². The van der Waals surface area contributed by atoms with E-state index < -0.39 is 0 Å². The van der Waals surface area contributed by atoms with E-state index in [9.17, 15) is 9.59 Å². The first-order valence-electron chi connectivity index (χ1n) is 8.52. The van der Waals surface area contributed by atoms with Gasteiger partial charge in [0.15, 0.2) is 0 Å². The largest absolute Gasteiger partial charge is 0.341 e. The van der Waals surface area contributed by atoms with Crippen molar-refractivity contribution in [2.75, 3.05) is 20.1 Å². The van der Waals surface area contributed by atoms with Gasteiger partial charge in [-0.05, 0) is 31.4 Å². The summed E-state index contributed by atoms with van der Waals surface area (Å²) >= 11 is 0. The molecule has 5 nitrogen and oxygen atoms in total. The fourth-order valence-corrected chi connectivity index (χ4v) is 3.89. The number of likely N-dealkylation sites (tertiary alicyclic amines) is 1. The van der Waals surface area contributed by atoms with Gasteiger partial charge in [0.2, 0.25) is 5.91 Å². The van der Waals surface area contributed by atoms with Gasteiger partial charge in [-0.1, -0.05) is 12.8 Å². The minimum atomic E-state index is 0.0108. The van der Waals surface area contributed by atoms with Crippen LogP contribution in [-0.4, -0.2) is 52.8 Å². The van der Waals surface area contributed by atoms with Gasteiger partial charge in [0.05, 0.1) is 0 Å². The molecule has 0 aromatic carbocycles. The molecule has 0 radical (unpaired) electrons. The molecule has 1 aliphatic carbocycles. The third-order valence-electron chi connectivity index (χ3n) is 5.13. The van der Waals surface area contributed by atoms with Crippen LogP contribution in [0.5, 0.6) is 0 Å². The van der Waals surface area contributed by atoms with Gasteiger partial charge < -0.3 is 9.80 Å². The van der Waals surface area contributed by atoms with E-state index in [2.05, 4.69) is 9.88 Å². The summed E-state index contributed by atoms with van der Waals surface area (Å²) in [4.78, 5) is 32.7. The van der Waals surface area contributed by atoms with Crippen LogP contribution >= 0.6 is 0 Å². The quantitative estimate of drug-likeness (QED) is 0.856. The Balaban J connectivity index is 1.60. The summed E-state index contributed by atoms with van der Waals surface area (Å²) in [7, 11) is 1.82. The third kappa shape index (κ3) is 3.38. The van der Waals surface area contributed by atoms with Crippen molar-refractivity contribution >= 4 is 11.8 Å². The summed E-state index contributed by atoms with van der Waals surface area (Å²) in [5, 5.41) is 0. The Morgan fingerprint density at radius 2 is 2.13 bits per heavy atom. The zero-order valence-electron chi connectivity index (χ0n) is 14.0. The molecule has 3 rings (SSSR count). The topological polar surface area (TPSA) is 53.5 Å². The Labute approximate surface area is 137 Å². The zero-order chi connectivity index (χ0) is 16.4. The second-order valence-corrected chi connectivity index (χ2v) is 6.93. The van der Waals surface area contributed by atoms with Crippen LogP contribution in [0, 0.1) is 12.8 Å². The van der Waals surface area contributed by atoms with Gasteiger partial charge in [-0.2, -0.15) is 0 Å². The van der Waals surface area contributed by atoms with Crippen molar-refractivity contribution in [3.05, 3.63) is 29.6 Å². The molecule has 124 valence electrons. The molecule has 0 N–H and O–H groups in total. The van der Waals surface area contributed by atoms with E-state index in [0.29, 0.717) is 24.6 Å². The van der Waals surface area contributed by atoms with Crippen LogP contribution in [0.4, 0.5) is 0 Å². The van der Waals surface area contributed by atoms with Crippen LogP contribution < -0.4 is 0 Å². The van der Waals surface area contributed by atoms with Crippen LogP contribution in [0.1, 0.15) is 48.0 Å². The number of pyridine rings is 1. The maximum atomic E-state index is 12.6. The van der Waals surface area contributed by atoms with E-state index in [-0.39, 0.29) is 17.7 Å². The number of aromatic nitrogens is 1. The van der Waals surface area contributed by atoms with Gasteiger partial charge in [0, 0.05) is 56.5 Å². The summed E-state index contributed by atoms with van der Waals surface area (Å²) in [5.74, 6) is 0.527. The molecular weight excluding hydrogens is 290 g/mol. The van der Waals surface area contributed by atoms with E-state index >= 15 is 0 Å². The van der Waals surface area contributed by atoms with Gasteiger partial charge in [0.1, 0.15) is 0 Å². The van der Waals surface area contributed by atoms with Gasteiger partial charge in [-0.25, -0.2) is 0 Å². The van der Waals surface area contributed by atoms with E-state index in [0.717, 1.165) is 24.9 Å². The van der Waals surface area contributed by atoms with E-state index in [1.807, 2.05) is 14.0 Å². The summed E-state index contributed by atoms with van der Waals surface area (Å²) in [5.41, 5.74) is 1.58. The number of carbonyl (C=O) groups is 2. The number of carbonyl (C=O) groups excluding carboxylic acids is 2. The van der Waals surface area contributed by atoms with Gasteiger partial charge in [0.25, 0.3) is 5.91 Å². The second-order valence-electron chi connectivity index (χ2n) is 6.93. The molecule has 0 spiro atoms. The number of hydrogen-bond acceptors (Lipinski definition) is 3. The van der Waals surface area contributed by atoms with Crippen molar-refractivity contribution in [3.8, 4) is 0 Å². The highest BCUT2D eigenvalue weighted by Crippen LogP contribution is 2.29. The fourth-order valence-electron chi connectivity index (χ4n) is 3.89. The first kappa shape index (κ1) is 16.0. The lowest BCUT2D eigenvalue weighted by atomic mass is 10.1. The average molecular weight is 315 g/mol. The molecule has 1 saturated heterocycles. The van der Waals surface area contributed by atoms with E-state index in [1.165, 1.54) is 12.8 Å². The molecule has 1 saturated carbocycles. The van der Waals surface area contributed by atoms with Crippen molar-refractivity contribution in [2.45, 2.75) is 45.1 Å². The smallest absolute Gasteiger partial charge is 0.253 e. The summed E-state index contributed by atoms with van der Waals surface area (Å²) in [6, 6.07) is 2.20. The van der Waals surface area contributed by atoms with Gasteiger partial charge in [-0.3, -0.25) is 14.6 Å². The van der Waals surface area contributed by atoms with Crippen molar-refractivity contribution in [2.24, 2.45) is 5.92 Å². The molecule has 5 heteroatoms. The van der Waals surface area contributed by atoms with Crippen molar-refractivity contribution in [1.82, 2.24) is 14.8 Å². The first-order valence-corrected chi connectivity index (χ1v) is 8.52. The molecule has 0 bridgehead atoms. The highest BCUT2D eigenvalue weighted by molar-refractivity contribution is 5.95. The molecule has 1 aromatic rings. The molecule has 1 atom stereocenters. The normalized spacial score (nSPS) is 21.9. The van der Waals surface area contributed by atoms with Gasteiger partial charge >= 0.3 is 0 Å². The molecule has 1 aromatic heterocycles. The van der Waals surface area contributed by atoms with Crippen molar-refractivity contribution in [1.29, 1.82) is 0 Å². The van der Waals surface area contributed by atoms with Gasteiger partial charge in [-0.15, -0.1) is 0 Å². The molecule has 2 fully saturated rings. The van der Waals surface area contributed by atoms with Crippen LogP contribution in [-0.2, 0) is 4.79 Å². The Hall–Kier alpha value is -1.91. The van der Waals surface area contributed by atoms with Crippen molar-refractivity contribution in [3.63, 3.8) is 0 Å². The lowest BCUT2D eigenvalue weighted by molar-refractivity contribution is -0.129. The Morgan fingerprint density at radius 1 is 1.39 bits per heavy atom. The Morgan fingerprint density at radius 3 is 2.83 bits per heavy atom. The number of amides is 2. The van der Waals surface area contributed by atoms with E-state index in [1.54, 1.807) is 23.4 Å². The molecule has 23 heavy (non-hydrogen) atoms. The first-order chi connectivity index (χ1) is 11.1. The predicted octanol–water partition coefficient (Wildman–Crippen LogP) is 2.25. The van der Waals surface area contributed by atoms with Crippen LogP contribution in [0.15, 0.2) is 18.5 Å². The SMILES string of the molecule is Cc1cnccc1C(=O)N(C)C[C@@H]1CC(=O)N(C2CCCC2)C1. The molecule has 0 unspecified atom stereocenters. The summed E-state index contributed by atoms with van der Waals surface area (Å²) < 4.78 is 0. The van der Waals surface area contributed by atoms with Crippen LogP contribution in [0.2, 0.25) is 0 Å². The zero-order valence-corrected chi connectivity index (χ0v) is 14.0. The highest BCUT2D eigenvalue weighted by atomic mass is 16.2. The molecule has 2 heterocycles. The molecule has 2 amide bonds. The summed E-state index contributed by atoms with van der Waals surface area (Å²) in [6.45, 7) is 3.33. The Bertz CT molecular complexity index is 596. The molecule has 1 aliphatic heterocycles. The molecular formula is C18H25N3O2. The van der Waals surface area contributed by atoms with Crippen LogP contribution in [0.25, 0.3) is 0 Å². The number of hydrogen-bond donors (Lipinski definition) is 0. The average Bonchev–Trinajstić information content (AvgIpc) is 3.16. The lowest BCUT2D eigenvalue weighted by Gasteiger charge is -2.25. The predicted molar refractivity (Wildman–Crippen MR) is 88.0 cm³/mol. The number of nitrogens with zero attached hydrogens (tertiary/aromatic N) is 3. The minimum Gasteiger partial charge on any atom is -0.341 e. The fraction of sp³-hybridized carbons (Fsp3) is 0.611. The highest BCUT2D eigenvalue weighted by Gasteiger charge is 2.36. The van der Waals surface area contributed by atoms with Crippen LogP contribution in [0.3, 0.4) is 0 Å². The minimum absolute atomic E-state index is 0.0108. The molecule has 2 aliphatic rings.